The van der Waals surface area contributed by atoms with E-state index in [0.29, 0.717) is 18.0 Å². The van der Waals surface area contributed by atoms with Crippen LogP contribution in [0.5, 0.6) is 0 Å². The molecular weight excluding hydrogens is 354 g/mol. The molecule has 2 aromatic rings. The highest BCUT2D eigenvalue weighted by Gasteiger charge is 2.26. The highest BCUT2D eigenvalue weighted by molar-refractivity contribution is 5.94. The van der Waals surface area contributed by atoms with E-state index in [1.54, 1.807) is 0 Å². The number of amides is 1. The van der Waals surface area contributed by atoms with Gasteiger partial charge >= 0.3 is 5.97 Å². The number of carboxylic acid groups (broad SMARTS) is 1. The Bertz CT molecular complexity index is 855. The quantitative estimate of drug-likeness (QED) is 0.821. The van der Waals surface area contributed by atoms with E-state index in [4.69, 9.17) is 5.11 Å². The van der Waals surface area contributed by atoms with Gasteiger partial charge in [0.2, 0.25) is 0 Å². The molecule has 3 rings (SSSR count). The van der Waals surface area contributed by atoms with Crippen molar-refractivity contribution in [2.24, 2.45) is 0 Å². The third kappa shape index (κ3) is 4.11. The van der Waals surface area contributed by atoms with Crippen molar-refractivity contribution >= 4 is 11.9 Å². The molecular formula is C22H29N3O3. The van der Waals surface area contributed by atoms with Gasteiger partial charge in [-0.2, -0.15) is 5.10 Å². The Balaban J connectivity index is 1.80. The predicted molar refractivity (Wildman–Crippen MR) is 108 cm³/mol. The molecule has 1 N–H and O–H groups in total. The minimum absolute atomic E-state index is 0.0925. The van der Waals surface area contributed by atoms with Gasteiger partial charge in [-0.25, -0.2) is 4.68 Å². The Morgan fingerprint density at radius 1 is 1.18 bits per heavy atom. The third-order valence-corrected chi connectivity index (χ3v) is 5.75. The number of aromatic nitrogens is 2. The van der Waals surface area contributed by atoms with Crippen LogP contribution in [0.15, 0.2) is 24.3 Å². The van der Waals surface area contributed by atoms with Crippen LogP contribution < -0.4 is 0 Å². The second-order valence-electron chi connectivity index (χ2n) is 7.56. The number of hydrogen-bond donors (Lipinski definition) is 1. The van der Waals surface area contributed by atoms with Crippen LogP contribution in [0.1, 0.15) is 66.3 Å². The standard InChI is InChI=1S/C22H29N3O3/c1-4-18-7-5-6-14-24(18)22(28)17-8-10-19(11-9-17)25-16(3)20(15(2)23-25)12-13-21(26)27/h8-11,18H,4-7,12-14H2,1-3H3,(H,26,27). The van der Waals surface area contributed by atoms with Crippen molar-refractivity contribution in [3.63, 3.8) is 0 Å². The lowest BCUT2D eigenvalue weighted by atomic mass is 9.99. The topological polar surface area (TPSA) is 75.4 Å². The summed E-state index contributed by atoms with van der Waals surface area (Å²) in [6.07, 6.45) is 4.92. The average Bonchev–Trinajstić information content (AvgIpc) is 2.99. The van der Waals surface area contributed by atoms with Crippen LogP contribution in [-0.2, 0) is 11.2 Å². The Hall–Kier alpha value is -2.63. The Kier molecular flexibility index (Phi) is 6.17. The van der Waals surface area contributed by atoms with Gasteiger partial charge in [-0.15, -0.1) is 0 Å². The van der Waals surface area contributed by atoms with Gasteiger partial charge in [0.05, 0.1) is 11.4 Å². The van der Waals surface area contributed by atoms with Crippen molar-refractivity contribution in [2.45, 2.75) is 65.3 Å². The van der Waals surface area contributed by atoms with Gasteiger partial charge in [0.25, 0.3) is 5.91 Å². The van der Waals surface area contributed by atoms with Crippen LogP contribution in [0.3, 0.4) is 0 Å². The van der Waals surface area contributed by atoms with Crippen LogP contribution in [-0.4, -0.2) is 44.3 Å². The van der Waals surface area contributed by atoms with Crippen LogP contribution in [0.25, 0.3) is 5.69 Å². The van der Waals surface area contributed by atoms with E-state index in [9.17, 15) is 9.59 Å². The number of piperidine rings is 1. The van der Waals surface area contributed by atoms with Crippen molar-refractivity contribution in [1.29, 1.82) is 0 Å². The molecule has 1 aliphatic rings. The number of carbonyl (C=O) groups is 2. The predicted octanol–water partition coefficient (Wildman–Crippen LogP) is 3.91. The van der Waals surface area contributed by atoms with E-state index in [0.717, 1.165) is 48.4 Å². The minimum Gasteiger partial charge on any atom is -0.481 e. The van der Waals surface area contributed by atoms with E-state index in [1.165, 1.54) is 6.42 Å². The molecule has 6 nitrogen and oxygen atoms in total. The molecule has 150 valence electrons. The molecule has 1 fully saturated rings. The Morgan fingerprint density at radius 3 is 2.54 bits per heavy atom. The zero-order chi connectivity index (χ0) is 20.3. The summed E-state index contributed by atoms with van der Waals surface area (Å²) in [6, 6.07) is 7.91. The van der Waals surface area contributed by atoms with E-state index in [1.807, 2.05) is 47.7 Å². The second-order valence-corrected chi connectivity index (χ2v) is 7.56. The van der Waals surface area contributed by atoms with Crippen molar-refractivity contribution in [2.75, 3.05) is 6.54 Å². The molecule has 0 aliphatic carbocycles. The largest absolute Gasteiger partial charge is 0.481 e. The zero-order valence-corrected chi connectivity index (χ0v) is 16.9. The molecule has 1 aromatic carbocycles. The van der Waals surface area contributed by atoms with Gasteiger partial charge in [0, 0.05) is 30.3 Å². The number of carbonyl (C=O) groups excluding carboxylic acids is 1. The molecule has 2 heterocycles. The summed E-state index contributed by atoms with van der Waals surface area (Å²) in [7, 11) is 0. The first kappa shape index (κ1) is 20.1. The summed E-state index contributed by atoms with van der Waals surface area (Å²) in [4.78, 5) is 25.8. The van der Waals surface area contributed by atoms with E-state index in [2.05, 4.69) is 12.0 Å². The fourth-order valence-electron chi connectivity index (χ4n) is 4.12. The number of hydrogen-bond acceptors (Lipinski definition) is 3. The summed E-state index contributed by atoms with van der Waals surface area (Å²) in [5, 5.41) is 13.5. The normalized spacial score (nSPS) is 17.0. The SMILES string of the molecule is CCC1CCCCN1C(=O)c1ccc(-n2nc(C)c(CCC(=O)O)c2C)cc1. The summed E-state index contributed by atoms with van der Waals surface area (Å²) in [5.41, 5.74) is 4.35. The third-order valence-electron chi connectivity index (χ3n) is 5.75. The smallest absolute Gasteiger partial charge is 0.303 e. The van der Waals surface area contributed by atoms with Crippen molar-refractivity contribution in [3.05, 3.63) is 46.8 Å². The first-order valence-corrected chi connectivity index (χ1v) is 10.1. The molecule has 1 unspecified atom stereocenters. The van der Waals surface area contributed by atoms with E-state index < -0.39 is 5.97 Å². The second kappa shape index (κ2) is 8.59. The highest BCUT2D eigenvalue weighted by atomic mass is 16.4. The van der Waals surface area contributed by atoms with Crippen molar-refractivity contribution in [1.82, 2.24) is 14.7 Å². The summed E-state index contributed by atoms with van der Waals surface area (Å²) < 4.78 is 1.83. The molecule has 0 spiro atoms. The van der Waals surface area contributed by atoms with E-state index >= 15 is 0 Å². The van der Waals surface area contributed by atoms with E-state index in [-0.39, 0.29) is 12.3 Å². The molecule has 1 atom stereocenters. The number of likely N-dealkylation sites (tertiary alicyclic amines) is 1. The van der Waals surface area contributed by atoms with Gasteiger partial charge < -0.3 is 10.0 Å². The summed E-state index contributed by atoms with van der Waals surface area (Å²) >= 11 is 0. The molecule has 1 aliphatic heterocycles. The van der Waals surface area contributed by atoms with Gasteiger partial charge in [0.15, 0.2) is 0 Å². The van der Waals surface area contributed by atoms with Crippen LogP contribution in [0.2, 0.25) is 0 Å². The van der Waals surface area contributed by atoms with Gasteiger partial charge in [-0.05, 0) is 75.8 Å². The molecule has 0 radical (unpaired) electrons. The maximum atomic E-state index is 12.9. The average molecular weight is 383 g/mol. The maximum absolute atomic E-state index is 12.9. The fourth-order valence-corrected chi connectivity index (χ4v) is 4.12. The molecule has 6 heteroatoms. The van der Waals surface area contributed by atoms with Gasteiger partial charge in [-0.1, -0.05) is 6.92 Å². The van der Waals surface area contributed by atoms with Crippen LogP contribution in [0, 0.1) is 13.8 Å². The number of carboxylic acids is 1. The number of nitrogens with zero attached hydrogens (tertiary/aromatic N) is 3. The number of rotatable bonds is 6. The zero-order valence-electron chi connectivity index (χ0n) is 16.9. The van der Waals surface area contributed by atoms with Gasteiger partial charge in [0.1, 0.15) is 0 Å². The lowest BCUT2D eigenvalue weighted by molar-refractivity contribution is -0.136. The Morgan fingerprint density at radius 2 is 1.89 bits per heavy atom. The number of benzene rings is 1. The summed E-state index contributed by atoms with van der Waals surface area (Å²) in [6.45, 7) is 6.84. The molecule has 1 saturated heterocycles. The van der Waals surface area contributed by atoms with Gasteiger partial charge in [-0.3, -0.25) is 9.59 Å². The van der Waals surface area contributed by atoms with Crippen LogP contribution in [0.4, 0.5) is 0 Å². The first-order chi connectivity index (χ1) is 13.4. The maximum Gasteiger partial charge on any atom is 0.303 e. The molecule has 0 bridgehead atoms. The molecule has 1 aromatic heterocycles. The highest BCUT2D eigenvalue weighted by Crippen LogP contribution is 2.23. The Labute approximate surface area is 166 Å². The fraction of sp³-hybridized carbons (Fsp3) is 0.500. The lowest BCUT2D eigenvalue weighted by Crippen LogP contribution is -2.43. The number of aliphatic carboxylic acids is 1. The van der Waals surface area contributed by atoms with Crippen molar-refractivity contribution in [3.8, 4) is 5.69 Å². The lowest BCUT2D eigenvalue weighted by Gasteiger charge is -2.35. The monoisotopic (exact) mass is 383 g/mol. The first-order valence-electron chi connectivity index (χ1n) is 10.1. The molecule has 0 saturated carbocycles. The van der Waals surface area contributed by atoms with Crippen molar-refractivity contribution < 1.29 is 14.7 Å². The molecule has 1 amide bonds. The molecule has 28 heavy (non-hydrogen) atoms. The summed E-state index contributed by atoms with van der Waals surface area (Å²) in [5.74, 6) is -0.703. The number of aryl methyl sites for hydroxylation is 1. The minimum atomic E-state index is -0.808. The van der Waals surface area contributed by atoms with Crippen LogP contribution >= 0.6 is 0 Å².